The Morgan fingerprint density at radius 3 is 2.53 bits per heavy atom. The van der Waals surface area contributed by atoms with Gasteiger partial charge < -0.3 is 16.4 Å². The number of nitrogens with two attached hydrogens (primary N) is 1. The van der Waals surface area contributed by atoms with Crippen LogP contribution in [0.3, 0.4) is 0 Å². The molecule has 4 rings (SSSR count). The largest absolute Gasteiger partial charge is 0.381 e. The summed E-state index contributed by atoms with van der Waals surface area (Å²) in [4.78, 5) is 4.27. The average Bonchev–Trinajstić information content (AvgIpc) is 2.80. The molecule has 4 N–H and O–H groups in total. The Labute approximate surface area is 188 Å². The number of nitrogens with one attached hydrogen (secondary N) is 2. The van der Waals surface area contributed by atoms with Gasteiger partial charge in [0.2, 0.25) is 0 Å². The van der Waals surface area contributed by atoms with Crippen molar-refractivity contribution in [3.63, 3.8) is 0 Å². The summed E-state index contributed by atoms with van der Waals surface area (Å²) in [5.41, 5.74) is 10.2. The minimum Gasteiger partial charge on any atom is -0.381 e. The van der Waals surface area contributed by atoms with Crippen LogP contribution in [-0.2, 0) is 13.0 Å². The lowest BCUT2D eigenvalue weighted by atomic mass is 9.91. The number of anilines is 2. The SMILES string of the molecule is CCc1c(NCc2cccc(F)c2)cccc1-c1cc(NC2CCC(N)CC2)ncc1F. The van der Waals surface area contributed by atoms with Crippen LogP contribution in [0.2, 0.25) is 0 Å². The van der Waals surface area contributed by atoms with Crippen molar-refractivity contribution in [2.75, 3.05) is 10.6 Å². The minimum atomic E-state index is -0.349. The fraction of sp³-hybridized carbons (Fsp3) is 0.346. The highest BCUT2D eigenvalue weighted by molar-refractivity contribution is 5.76. The first kappa shape index (κ1) is 22.2. The molecule has 0 radical (unpaired) electrons. The maximum absolute atomic E-state index is 14.9. The van der Waals surface area contributed by atoms with Crippen molar-refractivity contribution in [2.24, 2.45) is 5.73 Å². The van der Waals surface area contributed by atoms with Crippen LogP contribution < -0.4 is 16.4 Å². The summed E-state index contributed by atoms with van der Waals surface area (Å²) >= 11 is 0. The van der Waals surface area contributed by atoms with E-state index in [9.17, 15) is 8.78 Å². The van der Waals surface area contributed by atoms with Gasteiger partial charge in [0, 0.05) is 29.9 Å². The predicted molar refractivity (Wildman–Crippen MR) is 127 cm³/mol. The molecule has 3 aromatic rings. The molecule has 0 bridgehead atoms. The van der Waals surface area contributed by atoms with Gasteiger partial charge in [-0.05, 0) is 73.1 Å². The van der Waals surface area contributed by atoms with E-state index in [1.807, 2.05) is 24.3 Å². The first-order valence-electron chi connectivity index (χ1n) is 11.3. The van der Waals surface area contributed by atoms with Gasteiger partial charge in [0.05, 0.1) is 6.20 Å². The zero-order chi connectivity index (χ0) is 22.5. The average molecular weight is 437 g/mol. The van der Waals surface area contributed by atoms with Crippen LogP contribution in [0, 0.1) is 11.6 Å². The number of hydrogen-bond donors (Lipinski definition) is 3. The van der Waals surface area contributed by atoms with Crippen LogP contribution in [0.1, 0.15) is 43.7 Å². The van der Waals surface area contributed by atoms with E-state index in [0.717, 1.165) is 54.5 Å². The summed E-state index contributed by atoms with van der Waals surface area (Å²) in [6, 6.07) is 14.7. The van der Waals surface area contributed by atoms with E-state index in [1.165, 1.54) is 18.3 Å². The van der Waals surface area contributed by atoms with Gasteiger partial charge in [0.1, 0.15) is 17.5 Å². The molecule has 2 aromatic carbocycles. The summed E-state index contributed by atoms with van der Waals surface area (Å²) in [5.74, 6) is 0.0767. The Hall–Kier alpha value is -2.99. The zero-order valence-corrected chi connectivity index (χ0v) is 18.4. The molecule has 0 atom stereocenters. The Morgan fingerprint density at radius 1 is 1.00 bits per heavy atom. The lowest BCUT2D eigenvalue weighted by Crippen LogP contribution is -2.33. The van der Waals surface area contributed by atoms with Gasteiger partial charge in [-0.3, -0.25) is 0 Å². The van der Waals surface area contributed by atoms with E-state index in [-0.39, 0.29) is 17.7 Å². The molecule has 1 aliphatic carbocycles. The third-order valence-corrected chi connectivity index (χ3v) is 6.17. The van der Waals surface area contributed by atoms with Gasteiger partial charge in [0.25, 0.3) is 0 Å². The van der Waals surface area contributed by atoms with Crippen molar-refractivity contribution in [3.05, 3.63) is 77.5 Å². The van der Waals surface area contributed by atoms with Gasteiger partial charge >= 0.3 is 0 Å². The second-order valence-electron chi connectivity index (χ2n) is 8.47. The number of aromatic nitrogens is 1. The number of halogens is 2. The molecule has 0 amide bonds. The molecule has 0 spiro atoms. The third kappa shape index (κ3) is 5.25. The Bertz CT molecular complexity index is 1060. The molecule has 32 heavy (non-hydrogen) atoms. The van der Waals surface area contributed by atoms with E-state index in [0.29, 0.717) is 24.0 Å². The lowest BCUT2D eigenvalue weighted by molar-refractivity contribution is 0.410. The van der Waals surface area contributed by atoms with Crippen LogP contribution in [0.4, 0.5) is 20.3 Å². The molecule has 1 saturated carbocycles. The van der Waals surface area contributed by atoms with Crippen LogP contribution >= 0.6 is 0 Å². The van der Waals surface area contributed by atoms with E-state index in [1.54, 1.807) is 12.1 Å². The molecule has 6 heteroatoms. The first-order valence-corrected chi connectivity index (χ1v) is 11.3. The summed E-state index contributed by atoms with van der Waals surface area (Å²) in [5, 5.41) is 6.85. The molecular weight excluding hydrogens is 406 g/mol. The van der Waals surface area contributed by atoms with Gasteiger partial charge in [0.15, 0.2) is 0 Å². The van der Waals surface area contributed by atoms with E-state index >= 15 is 0 Å². The topological polar surface area (TPSA) is 63.0 Å². The molecule has 168 valence electrons. The van der Waals surface area contributed by atoms with Crippen LogP contribution in [-0.4, -0.2) is 17.1 Å². The monoisotopic (exact) mass is 436 g/mol. The molecule has 0 saturated heterocycles. The van der Waals surface area contributed by atoms with Crippen LogP contribution in [0.25, 0.3) is 11.1 Å². The zero-order valence-electron chi connectivity index (χ0n) is 18.4. The molecule has 0 unspecified atom stereocenters. The molecule has 4 nitrogen and oxygen atoms in total. The maximum Gasteiger partial charge on any atom is 0.149 e. The van der Waals surface area contributed by atoms with Crippen molar-refractivity contribution in [2.45, 2.75) is 57.7 Å². The normalized spacial score (nSPS) is 18.4. The van der Waals surface area contributed by atoms with Crippen LogP contribution in [0.15, 0.2) is 54.7 Å². The van der Waals surface area contributed by atoms with Crippen molar-refractivity contribution >= 4 is 11.5 Å². The Morgan fingerprint density at radius 2 is 1.78 bits per heavy atom. The molecule has 1 aromatic heterocycles. The molecule has 0 aliphatic heterocycles. The molecule has 1 fully saturated rings. The number of rotatable bonds is 7. The summed E-state index contributed by atoms with van der Waals surface area (Å²) < 4.78 is 28.4. The fourth-order valence-corrected chi connectivity index (χ4v) is 4.43. The quantitative estimate of drug-likeness (QED) is 0.433. The molecule has 1 heterocycles. The van der Waals surface area contributed by atoms with Crippen LogP contribution in [0.5, 0.6) is 0 Å². The molecular formula is C26H30F2N4. The summed E-state index contributed by atoms with van der Waals surface area (Å²) in [6.07, 6.45) is 5.99. The second-order valence-corrected chi connectivity index (χ2v) is 8.47. The van der Waals surface area contributed by atoms with Crippen molar-refractivity contribution < 1.29 is 8.78 Å². The highest BCUT2D eigenvalue weighted by atomic mass is 19.1. The number of benzene rings is 2. The van der Waals surface area contributed by atoms with Crippen molar-refractivity contribution in [1.82, 2.24) is 4.98 Å². The fourth-order valence-electron chi connectivity index (χ4n) is 4.43. The number of hydrogen-bond acceptors (Lipinski definition) is 4. The van der Waals surface area contributed by atoms with Gasteiger partial charge in [-0.1, -0.05) is 31.2 Å². The lowest BCUT2D eigenvalue weighted by Gasteiger charge is -2.27. The highest BCUT2D eigenvalue weighted by Crippen LogP contribution is 2.33. The van der Waals surface area contributed by atoms with Gasteiger partial charge in [-0.2, -0.15) is 0 Å². The van der Waals surface area contributed by atoms with E-state index in [2.05, 4.69) is 22.5 Å². The minimum absolute atomic E-state index is 0.257. The smallest absolute Gasteiger partial charge is 0.149 e. The highest BCUT2D eigenvalue weighted by Gasteiger charge is 2.20. The van der Waals surface area contributed by atoms with E-state index < -0.39 is 0 Å². The second kappa shape index (κ2) is 10.1. The van der Waals surface area contributed by atoms with Gasteiger partial charge in [-0.25, -0.2) is 13.8 Å². The summed E-state index contributed by atoms with van der Waals surface area (Å²) in [7, 11) is 0. The standard InChI is InChI=1S/C26H30F2N4/c1-2-21-22(7-4-8-25(21)30-15-17-5-3-6-18(27)13-17)23-14-26(31-16-24(23)28)32-20-11-9-19(29)10-12-20/h3-8,13-14,16,19-20,30H,2,9-12,15,29H2,1H3,(H,31,32). The van der Waals surface area contributed by atoms with Crippen molar-refractivity contribution in [1.29, 1.82) is 0 Å². The summed E-state index contributed by atoms with van der Waals surface area (Å²) in [6.45, 7) is 2.54. The number of nitrogens with zero attached hydrogens (tertiary/aromatic N) is 1. The third-order valence-electron chi connectivity index (χ3n) is 6.17. The van der Waals surface area contributed by atoms with Crippen molar-refractivity contribution in [3.8, 4) is 11.1 Å². The first-order chi connectivity index (χ1) is 15.5. The van der Waals surface area contributed by atoms with E-state index in [4.69, 9.17) is 5.73 Å². The number of pyridine rings is 1. The Kier molecular flexibility index (Phi) is 7.00. The Balaban J connectivity index is 1.57. The predicted octanol–water partition coefficient (Wildman–Crippen LogP) is 5.88. The maximum atomic E-state index is 14.9. The van der Waals surface area contributed by atoms with Gasteiger partial charge in [-0.15, -0.1) is 0 Å². The molecule has 1 aliphatic rings.